The zero-order valence-electron chi connectivity index (χ0n) is 13.8. The number of nitrogens with one attached hydrogen (secondary N) is 2. The minimum atomic E-state index is 0. The third kappa shape index (κ3) is 7.73. The van der Waals surface area contributed by atoms with Gasteiger partial charge in [0.25, 0.3) is 0 Å². The van der Waals surface area contributed by atoms with Crippen LogP contribution in [0.15, 0.2) is 18.2 Å². The lowest BCUT2D eigenvalue weighted by atomic mass is 9.98. The van der Waals surface area contributed by atoms with Crippen LogP contribution in [0.4, 0.5) is 0 Å². The van der Waals surface area contributed by atoms with Crippen LogP contribution in [0, 0.1) is 5.92 Å². The number of rotatable bonds is 9. The Bertz CT molecular complexity index is 441. The summed E-state index contributed by atoms with van der Waals surface area (Å²) in [6.07, 6.45) is 3.40. The zero-order chi connectivity index (χ0) is 15.6. The van der Waals surface area contributed by atoms with Crippen molar-refractivity contribution >= 4 is 24.0 Å². The van der Waals surface area contributed by atoms with Crippen molar-refractivity contribution in [3.05, 3.63) is 28.8 Å². The average Bonchev–Trinajstić information content (AvgIpc) is 2.54. The summed E-state index contributed by atoms with van der Waals surface area (Å²) in [5.41, 5.74) is 1.12. The lowest BCUT2D eigenvalue weighted by Gasteiger charge is -2.23. The summed E-state index contributed by atoms with van der Waals surface area (Å²) in [6, 6.07) is 5.82. The van der Waals surface area contributed by atoms with E-state index in [0.29, 0.717) is 6.61 Å². The van der Waals surface area contributed by atoms with Crippen LogP contribution in [0.25, 0.3) is 0 Å². The normalized spacial score (nSPS) is 15.2. The van der Waals surface area contributed by atoms with Crippen LogP contribution in [-0.4, -0.2) is 40.0 Å². The van der Waals surface area contributed by atoms with Crippen LogP contribution in [0.1, 0.15) is 24.8 Å². The Morgan fingerprint density at radius 2 is 2.04 bits per heavy atom. The molecule has 0 unspecified atom stereocenters. The van der Waals surface area contributed by atoms with Crippen molar-refractivity contribution in [1.29, 1.82) is 0 Å². The molecule has 6 heteroatoms. The maximum absolute atomic E-state index is 6.12. The molecule has 1 aromatic carbocycles. The minimum absolute atomic E-state index is 0. The summed E-state index contributed by atoms with van der Waals surface area (Å²) in [7, 11) is 1.71. The Hall–Kier alpha value is -0.520. The van der Waals surface area contributed by atoms with Gasteiger partial charge in [0.1, 0.15) is 5.75 Å². The fourth-order valence-corrected chi connectivity index (χ4v) is 2.90. The summed E-state index contributed by atoms with van der Waals surface area (Å²) in [4.78, 5) is 0. The van der Waals surface area contributed by atoms with E-state index in [0.717, 1.165) is 61.5 Å². The number of benzene rings is 1. The fourth-order valence-electron chi connectivity index (χ4n) is 2.71. The van der Waals surface area contributed by atoms with E-state index in [-0.39, 0.29) is 12.4 Å². The molecule has 1 aliphatic heterocycles. The number of ether oxygens (including phenoxy) is 2. The summed E-state index contributed by atoms with van der Waals surface area (Å²) in [5, 5.41) is 7.70. The smallest absolute Gasteiger partial charge is 0.123 e. The van der Waals surface area contributed by atoms with Gasteiger partial charge in [0, 0.05) is 37.3 Å². The highest BCUT2D eigenvalue weighted by atomic mass is 35.5. The first-order valence-corrected chi connectivity index (χ1v) is 8.49. The monoisotopic (exact) mass is 362 g/mol. The second kappa shape index (κ2) is 11.9. The largest absolute Gasteiger partial charge is 0.493 e. The molecule has 1 aliphatic rings. The predicted molar refractivity (Wildman–Crippen MR) is 98.0 cm³/mol. The van der Waals surface area contributed by atoms with Crippen LogP contribution in [0.2, 0.25) is 5.02 Å². The first kappa shape index (κ1) is 20.5. The van der Waals surface area contributed by atoms with Crippen molar-refractivity contribution < 1.29 is 9.47 Å². The van der Waals surface area contributed by atoms with Gasteiger partial charge in [0.15, 0.2) is 0 Å². The van der Waals surface area contributed by atoms with E-state index >= 15 is 0 Å². The minimum Gasteiger partial charge on any atom is -0.493 e. The molecule has 1 saturated heterocycles. The molecule has 0 radical (unpaired) electrons. The third-order valence-electron chi connectivity index (χ3n) is 3.98. The molecule has 0 aliphatic carbocycles. The summed E-state index contributed by atoms with van der Waals surface area (Å²) in [5.74, 6) is 1.69. The molecule has 0 atom stereocenters. The van der Waals surface area contributed by atoms with E-state index in [2.05, 4.69) is 10.6 Å². The van der Waals surface area contributed by atoms with Crippen molar-refractivity contribution in [2.75, 3.05) is 40.0 Å². The molecule has 0 bridgehead atoms. The Morgan fingerprint density at radius 1 is 1.26 bits per heavy atom. The molecule has 2 N–H and O–H groups in total. The van der Waals surface area contributed by atoms with E-state index in [1.54, 1.807) is 7.11 Å². The van der Waals surface area contributed by atoms with Gasteiger partial charge in [-0.1, -0.05) is 11.6 Å². The van der Waals surface area contributed by atoms with Crippen molar-refractivity contribution in [3.8, 4) is 5.75 Å². The fraction of sp³-hybridized carbons (Fsp3) is 0.647. The predicted octanol–water partition coefficient (Wildman–Crippen LogP) is 3.27. The molecule has 1 heterocycles. The lowest BCUT2D eigenvalue weighted by Crippen LogP contribution is -2.33. The van der Waals surface area contributed by atoms with Gasteiger partial charge in [0.05, 0.1) is 6.61 Å². The van der Waals surface area contributed by atoms with Crippen LogP contribution >= 0.6 is 24.0 Å². The molecule has 4 nitrogen and oxygen atoms in total. The number of piperidine rings is 1. The van der Waals surface area contributed by atoms with Gasteiger partial charge < -0.3 is 20.1 Å². The number of hydrogen-bond donors (Lipinski definition) is 2. The van der Waals surface area contributed by atoms with E-state index in [1.165, 1.54) is 12.8 Å². The van der Waals surface area contributed by atoms with Crippen molar-refractivity contribution in [2.24, 2.45) is 5.92 Å². The molecular formula is C17H28Cl2N2O2. The van der Waals surface area contributed by atoms with Gasteiger partial charge >= 0.3 is 0 Å². The molecule has 2 rings (SSSR count). The van der Waals surface area contributed by atoms with Gasteiger partial charge in [0.2, 0.25) is 0 Å². The van der Waals surface area contributed by atoms with Crippen LogP contribution < -0.4 is 15.4 Å². The van der Waals surface area contributed by atoms with Gasteiger partial charge in [-0.2, -0.15) is 0 Å². The van der Waals surface area contributed by atoms with Crippen LogP contribution in [0.5, 0.6) is 5.75 Å². The van der Waals surface area contributed by atoms with E-state index in [9.17, 15) is 0 Å². The lowest BCUT2D eigenvalue weighted by molar-refractivity contribution is 0.171. The maximum atomic E-state index is 6.12. The zero-order valence-corrected chi connectivity index (χ0v) is 15.3. The van der Waals surface area contributed by atoms with Gasteiger partial charge in [-0.05, 0) is 56.6 Å². The molecular weight excluding hydrogens is 335 g/mol. The first-order valence-electron chi connectivity index (χ1n) is 8.11. The highest BCUT2D eigenvalue weighted by Crippen LogP contribution is 2.23. The summed E-state index contributed by atoms with van der Waals surface area (Å²) >= 11 is 6.12. The molecule has 1 aromatic rings. The standard InChI is InChI=1S/C17H27ClN2O2.ClH/c1-21-9-2-10-22-17-4-3-16(18)11-15(17)13-20-12-14-5-7-19-8-6-14;/h3-4,11,14,19-20H,2,5-10,12-13H2,1H3;1H. The Labute approximate surface area is 150 Å². The highest BCUT2D eigenvalue weighted by molar-refractivity contribution is 6.30. The topological polar surface area (TPSA) is 42.5 Å². The summed E-state index contributed by atoms with van der Waals surface area (Å²) < 4.78 is 10.9. The second-order valence-corrected chi connectivity index (χ2v) is 6.21. The molecule has 132 valence electrons. The van der Waals surface area contributed by atoms with Crippen molar-refractivity contribution in [3.63, 3.8) is 0 Å². The van der Waals surface area contributed by atoms with E-state index < -0.39 is 0 Å². The second-order valence-electron chi connectivity index (χ2n) is 5.77. The Kier molecular flexibility index (Phi) is 10.6. The quantitative estimate of drug-likeness (QED) is 0.661. The first-order chi connectivity index (χ1) is 10.8. The van der Waals surface area contributed by atoms with Crippen LogP contribution in [-0.2, 0) is 11.3 Å². The Balaban J connectivity index is 0.00000264. The van der Waals surface area contributed by atoms with Crippen molar-refractivity contribution in [1.82, 2.24) is 10.6 Å². The van der Waals surface area contributed by atoms with Gasteiger partial charge in [-0.15, -0.1) is 12.4 Å². The molecule has 0 saturated carbocycles. The van der Waals surface area contributed by atoms with E-state index in [1.807, 2.05) is 18.2 Å². The SMILES string of the molecule is COCCCOc1ccc(Cl)cc1CNCC1CCNCC1.Cl. The molecule has 1 fully saturated rings. The number of methoxy groups -OCH3 is 1. The Morgan fingerprint density at radius 3 is 2.78 bits per heavy atom. The maximum Gasteiger partial charge on any atom is 0.123 e. The number of hydrogen-bond acceptors (Lipinski definition) is 4. The van der Waals surface area contributed by atoms with Gasteiger partial charge in [-0.3, -0.25) is 0 Å². The average molecular weight is 363 g/mol. The van der Waals surface area contributed by atoms with Crippen LogP contribution in [0.3, 0.4) is 0 Å². The molecule has 0 aromatic heterocycles. The molecule has 0 spiro atoms. The van der Waals surface area contributed by atoms with Crippen molar-refractivity contribution in [2.45, 2.75) is 25.8 Å². The molecule has 23 heavy (non-hydrogen) atoms. The van der Waals surface area contributed by atoms with Gasteiger partial charge in [-0.25, -0.2) is 0 Å². The summed E-state index contributed by atoms with van der Waals surface area (Å²) in [6.45, 7) is 5.50. The van der Waals surface area contributed by atoms with E-state index in [4.69, 9.17) is 21.1 Å². The third-order valence-corrected chi connectivity index (χ3v) is 4.22. The molecule has 0 amide bonds. The highest BCUT2D eigenvalue weighted by Gasteiger charge is 2.13. The number of halogens is 2.